The molecule has 4 aromatic rings. The van der Waals surface area contributed by atoms with E-state index in [2.05, 4.69) is 17.2 Å². The fraction of sp³-hybridized carbons (Fsp3) is 0.367. The van der Waals surface area contributed by atoms with E-state index in [9.17, 15) is 9.59 Å². The van der Waals surface area contributed by atoms with Crippen LogP contribution in [-0.2, 0) is 0 Å². The van der Waals surface area contributed by atoms with Crippen molar-refractivity contribution in [2.45, 2.75) is 32.7 Å². The van der Waals surface area contributed by atoms with Gasteiger partial charge in [0.25, 0.3) is 5.91 Å². The van der Waals surface area contributed by atoms with E-state index in [1.165, 1.54) is 11.3 Å². The number of carbonyl (C=O) groups excluding carboxylic acids is 2. The summed E-state index contributed by atoms with van der Waals surface area (Å²) >= 11 is 1.49. The highest BCUT2D eigenvalue weighted by Gasteiger charge is 2.48. The number of benzene rings is 2. The van der Waals surface area contributed by atoms with E-state index in [0.29, 0.717) is 48.0 Å². The first kappa shape index (κ1) is 25.4. The van der Waals surface area contributed by atoms with Gasteiger partial charge in [0.2, 0.25) is 5.88 Å². The van der Waals surface area contributed by atoms with E-state index in [1.54, 1.807) is 11.5 Å². The molecule has 8 nitrogen and oxygen atoms in total. The van der Waals surface area contributed by atoms with Gasteiger partial charge in [-0.1, -0.05) is 37.3 Å². The van der Waals surface area contributed by atoms with Crippen molar-refractivity contribution in [1.29, 1.82) is 0 Å². The standard InChI is InChI=1S/C30H32N4O4S/c1-18-13-21-17-34(27(35)24-10-5-4-9-23(24)20-7-6-8-22(15-20)37-3)26(25(21)14-18)16-31-30(36)38-28-19(2)32-29-33(28)11-12-39-29/h4-12,15,18,21,25-26H,13-14,16-17H2,1-3H3,(H,31,36)/t18?,21-,25-,26+/m0/s1. The van der Waals surface area contributed by atoms with Crippen LogP contribution in [0.1, 0.15) is 35.8 Å². The van der Waals surface area contributed by atoms with Crippen molar-refractivity contribution in [3.63, 3.8) is 0 Å². The molecule has 0 radical (unpaired) electrons. The van der Waals surface area contributed by atoms with Gasteiger partial charge in [-0.2, -0.15) is 0 Å². The topological polar surface area (TPSA) is 85.2 Å². The highest BCUT2D eigenvalue weighted by atomic mass is 32.1. The van der Waals surface area contributed by atoms with Gasteiger partial charge in [0.15, 0.2) is 4.96 Å². The number of aryl methyl sites for hydroxylation is 1. The second-order valence-corrected chi connectivity index (χ2v) is 11.5. The van der Waals surface area contributed by atoms with Crippen molar-refractivity contribution in [3.05, 3.63) is 71.4 Å². The zero-order chi connectivity index (χ0) is 27.1. The summed E-state index contributed by atoms with van der Waals surface area (Å²) in [6.07, 6.45) is 3.44. The summed E-state index contributed by atoms with van der Waals surface area (Å²) in [4.78, 5) is 34.2. The van der Waals surface area contributed by atoms with Gasteiger partial charge in [-0.25, -0.2) is 9.78 Å². The molecule has 9 heteroatoms. The normalized spacial score (nSPS) is 22.2. The molecule has 1 N–H and O–H groups in total. The van der Waals surface area contributed by atoms with E-state index in [0.717, 1.165) is 34.7 Å². The van der Waals surface area contributed by atoms with Gasteiger partial charge in [0, 0.05) is 30.2 Å². The fourth-order valence-corrected chi connectivity index (χ4v) is 7.17. The molecule has 2 fully saturated rings. The number of rotatable bonds is 6. The number of methoxy groups -OCH3 is 1. The molecule has 6 rings (SSSR count). The Morgan fingerprint density at radius 1 is 1.15 bits per heavy atom. The zero-order valence-corrected chi connectivity index (χ0v) is 23.1. The second-order valence-electron chi connectivity index (χ2n) is 10.6. The van der Waals surface area contributed by atoms with Gasteiger partial charge in [-0.3, -0.25) is 9.20 Å². The van der Waals surface area contributed by atoms with Crippen LogP contribution in [0, 0.1) is 24.7 Å². The Labute approximate surface area is 231 Å². The van der Waals surface area contributed by atoms with Gasteiger partial charge in [0.05, 0.1) is 13.2 Å². The highest BCUT2D eigenvalue weighted by Crippen LogP contribution is 2.45. The maximum atomic E-state index is 14.1. The molecule has 202 valence electrons. The average molecular weight is 545 g/mol. The fourth-order valence-electron chi connectivity index (χ4n) is 6.41. The molecular formula is C30H32N4O4S. The number of imidazole rings is 1. The van der Waals surface area contributed by atoms with Crippen molar-refractivity contribution in [3.8, 4) is 22.8 Å². The number of amides is 2. The average Bonchev–Trinajstić information content (AvgIpc) is 3.69. The Balaban J connectivity index is 1.23. The molecular weight excluding hydrogens is 512 g/mol. The number of hydrogen-bond donors (Lipinski definition) is 1. The van der Waals surface area contributed by atoms with Crippen LogP contribution >= 0.6 is 11.3 Å². The summed E-state index contributed by atoms with van der Waals surface area (Å²) in [6.45, 7) is 5.13. The maximum absolute atomic E-state index is 14.1. The SMILES string of the molecule is COc1cccc(-c2ccccc2C(=O)N2C[C@@H]3CC(C)C[C@@H]3[C@H]2CNC(=O)Oc2c(C)nc3sccn23)c1. The molecule has 1 unspecified atom stereocenters. The number of likely N-dealkylation sites (tertiary alicyclic amines) is 1. The third-order valence-electron chi connectivity index (χ3n) is 8.14. The van der Waals surface area contributed by atoms with Gasteiger partial charge >= 0.3 is 6.09 Å². The minimum Gasteiger partial charge on any atom is -0.497 e. The Kier molecular flexibility index (Phi) is 6.76. The van der Waals surface area contributed by atoms with Crippen molar-refractivity contribution in [2.24, 2.45) is 17.8 Å². The summed E-state index contributed by atoms with van der Waals surface area (Å²) in [5, 5.41) is 4.86. The lowest BCUT2D eigenvalue weighted by Crippen LogP contribution is -2.46. The molecule has 2 aromatic heterocycles. The minimum absolute atomic E-state index is 0.0118. The molecule has 1 aliphatic carbocycles. The number of carbonyl (C=O) groups is 2. The van der Waals surface area contributed by atoms with Gasteiger partial charge < -0.3 is 19.7 Å². The summed E-state index contributed by atoms with van der Waals surface area (Å²) in [5.41, 5.74) is 3.11. The molecule has 4 atom stereocenters. The number of hydrogen-bond acceptors (Lipinski definition) is 6. The minimum atomic E-state index is -0.537. The molecule has 39 heavy (non-hydrogen) atoms. The molecule has 0 bridgehead atoms. The van der Waals surface area contributed by atoms with Crippen LogP contribution in [0.15, 0.2) is 60.1 Å². The van der Waals surface area contributed by atoms with Crippen molar-refractivity contribution >= 4 is 28.3 Å². The Hall–Kier alpha value is -3.85. The monoisotopic (exact) mass is 544 g/mol. The summed E-state index contributed by atoms with van der Waals surface area (Å²) in [6, 6.07) is 15.4. The number of nitrogens with one attached hydrogen (secondary N) is 1. The van der Waals surface area contributed by atoms with Gasteiger partial charge in [-0.05, 0) is 66.8 Å². The van der Waals surface area contributed by atoms with E-state index >= 15 is 0 Å². The summed E-state index contributed by atoms with van der Waals surface area (Å²) < 4.78 is 12.9. The predicted molar refractivity (Wildman–Crippen MR) is 150 cm³/mol. The largest absolute Gasteiger partial charge is 0.497 e. The first-order valence-corrected chi connectivity index (χ1v) is 14.2. The lowest BCUT2D eigenvalue weighted by Gasteiger charge is -2.29. The highest BCUT2D eigenvalue weighted by molar-refractivity contribution is 7.15. The maximum Gasteiger partial charge on any atom is 0.414 e. The summed E-state index contributed by atoms with van der Waals surface area (Å²) in [5.74, 6) is 2.53. The van der Waals surface area contributed by atoms with Gasteiger partial charge in [-0.15, -0.1) is 11.3 Å². The smallest absolute Gasteiger partial charge is 0.414 e. The second kappa shape index (κ2) is 10.4. The third-order valence-corrected chi connectivity index (χ3v) is 8.89. The Morgan fingerprint density at radius 3 is 2.85 bits per heavy atom. The van der Waals surface area contributed by atoms with E-state index in [4.69, 9.17) is 9.47 Å². The van der Waals surface area contributed by atoms with Crippen LogP contribution in [0.3, 0.4) is 0 Å². The quantitative estimate of drug-likeness (QED) is 0.339. The first-order valence-electron chi connectivity index (χ1n) is 13.3. The van der Waals surface area contributed by atoms with Crippen LogP contribution < -0.4 is 14.8 Å². The Morgan fingerprint density at radius 2 is 2.00 bits per heavy atom. The van der Waals surface area contributed by atoms with Crippen molar-refractivity contribution < 1.29 is 19.1 Å². The van der Waals surface area contributed by atoms with Crippen molar-refractivity contribution in [2.75, 3.05) is 20.2 Å². The molecule has 1 aliphatic heterocycles. The van der Waals surface area contributed by atoms with Gasteiger partial charge in [0.1, 0.15) is 11.4 Å². The van der Waals surface area contributed by atoms with E-state index in [1.807, 2.05) is 71.9 Å². The molecule has 1 saturated heterocycles. The molecule has 2 aromatic carbocycles. The number of aromatic nitrogens is 2. The molecule has 3 heterocycles. The number of fused-ring (bicyclic) bond motifs is 2. The zero-order valence-electron chi connectivity index (χ0n) is 22.3. The molecule has 2 amide bonds. The number of nitrogens with zero attached hydrogens (tertiary/aromatic N) is 3. The number of ether oxygens (including phenoxy) is 2. The van der Waals surface area contributed by atoms with E-state index < -0.39 is 6.09 Å². The van der Waals surface area contributed by atoms with Crippen LogP contribution in [0.5, 0.6) is 11.6 Å². The van der Waals surface area contributed by atoms with Crippen LogP contribution in [0.25, 0.3) is 16.1 Å². The predicted octanol–water partition coefficient (Wildman–Crippen LogP) is 5.66. The molecule has 0 spiro atoms. The van der Waals surface area contributed by atoms with Crippen LogP contribution in [0.2, 0.25) is 0 Å². The van der Waals surface area contributed by atoms with Crippen LogP contribution in [-0.4, -0.2) is 52.5 Å². The van der Waals surface area contributed by atoms with E-state index in [-0.39, 0.29) is 11.9 Å². The lowest BCUT2D eigenvalue weighted by atomic mass is 9.93. The number of thiazole rings is 1. The Bertz CT molecular complexity index is 1530. The van der Waals surface area contributed by atoms with Crippen LogP contribution in [0.4, 0.5) is 4.79 Å². The first-order chi connectivity index (χ1) is 18.9. The summed E-state index contributed by atoms with van der Waals surface area (Å²) in [7, 11) is 1.64. The molecule has 2 aliphatic rings. The lowest BCUT2D eigenvalue weighted by molar-refractivity contribution is 0.0707. The van der Waals surface area contributed by atoms with Crippen molar-refractivity contribution in [1.82, 2.24) is 19.6 Å². The molecule has 1 saturated carbocycles. The third kappa shape index (κ3) is 4.76.